The first kappa shape index (κ1) is 15.4. The van der Waals surface area contributed by atoms with Crippen molar-refractivity contribution < 1.29 is 13.2 Å². The molecule has 0 unspecified atom stereocenters. The average molecular weight is 331 g/mol. The molecule has 0 amide bonds. The molecule has 2 aromatic carbocycles. The third kappa shape index (κ3) is 3.00. The van der Waals surface area contributed by atoms with Gasteiger partial charge in [-0.15, -0.1) is 0 Å². The minimum Gasteiger partial charge on any atom is -0.495 e. The molecular weight excluding hydrogens is 314 g/mol. The molecule has 0 atom stereocenters. The molecule has 0 radical (unpaired) electrons. The monoisotopic (exact) mass is 331 g/mol. The van der Waals surface area contributed by atoms with Crippen LogP contribution in [0.1, 0.15) is 12.5 Å². The zero-order valence-electron chi connectivity index (χ0n) is 12.8. The lowest BCUT2D eigenvalue weighted by molar-refractivity contribution is 0.402. The molecule has 0 saturated carbocycles. The van der Waals surface area contributed by atoms with Crippen molar-refractivity contribution in [1.82, 2.24) is 10.2 Å². The number of nitrogens with one attached hydrogen (secondary N) is 2. The number of anilines is 1. The van der Waals surface area contributed by atoms with Crippen LogP contribution in [0.5, 0.6) is 5.75 Å². The number of fused-ring (bicyclic) bond motifs is 1. The molecule has 7 heteroatoms. The number of rotatable bonds is 5. The van der Waals surface area contributed by atoms with Crippen LogP contribution >= 0.6 is 0 Å². The standard InChI is InChI=1S/C16H17N3O3S/c1-3-11-4-7-15(22-2)16(8-11)23(20,21)19-13-6-5-12-10-17-18-14(12)9-13/h4-10,19H,3H2,1-2H3,(H,17,18). The maximum atomic E-state index is 12.7. The van der Waals surface area contributed by atoms with Crippen molar-refractivity contribution in [2.75, 3.05) is 11.8 Å². The fourth-order valence-corrected chi connectivity index (χ4v) is 3.63. The summed E-state index contributed by atoms with van der Waals surface area (Å²) in [6.07, 6.45) is 2.42. The van der Waals surface area contributed by atoms with E-state index in [1.165, 1.54) is 7.11 Å². The van der Waals surface area contributed by atoms with Crippen molar-refractivity contribution >= 4 is 26.6 Å². The Morgan fingerprint density at radius 1 is 1.22 bits per heavy atom. The fraction of sp³-hybridized carbons (Fsp3) is 0.188. The van der Waals surface area contributed by atoms with Crippen LogP contribution in [0.15, 0.2) is 47.5 Å². The number of hydrogen-bond acceptors (Lipinski definition) is 4. The van der Waals surface area contributed by atoms with Crippen LogP contribution in [0.2, 0.25) is 0 Å². The second-order valence-corrected chi connectivity index (χ2v) is 6.77. The molecule has 0 aliphatic heterocycles. The van der Waals surface area contributed by atoms with E-state index in [9.17, 15) is 8.42 Å². The van der Waals surface area contributed by atoms with Gasteiger partial charge in [-0.3, -0.25) is 9.82 Å². The van der Waals surface area contributed by atoms with Gasteiger partial charge in [0.2, 0.25) is 0 Å². The maximum Gasteiger partial charge on any atom is 0.265 e. The van der Waals surface area contributed by atoms with Crippen LogP contribution in [-0.4, -0.2) is 25.7 Å². The number of aromatic nitrogens is 2. The summed E-state index contributed by atoms with van der Waals surface area (Å²) in [4.78, 5) is 0.129. The van der Waals surface area contributed by atoms with Crippen molar-refractivity contribution in [2.24, 2.45) is 0 Å². The lowest BCUT2D eigenvalue weighted by atomic mass is 10.2. The van der Waals surface area contributed by atoms with Crippen molar-refractivity contribution in [3.63, 3.8) is 0 Å². The Kier molecular flexibility index (Phi) is 3.96. The lowest BCUT2D eigenvalue weighted by Gasteiger charge is -2.13. The Balaban J connectivity index is 2.00. The van der Waals surface area contributed by atoms with Gasteiger partial charge in [-0.25, -0.2) is 8.42 Å². The molecule has 0 fully saturated rings. The van der Waals surface area contributed by atoms with Crippen LogP contribution in [0.3, 0.4) is 0 Å². The summed E-state index contributed by atoms with van der Waals surface area (Å²) in [5, 5.41) is 7.66. The first-order valence-electron chi connectivity index (χ1n) is 7.16. The Labute approximate surface area is 134 Å². The van der Waals surface area contributed by atoms with Crippen LogP contribution < -0.4 is 9.46 Å². The van der Waals surface area contributed by atoms with Crippen molar-refractivity contribution in [1.29, 1.82) is 0 Å². The van der Waals surface area contributed by atoms with Gasteiger partial charge in [-0.05, 0) is 42.3 Å². The minimum absolute atomic E-state index is 0.129. The number of aromatic amines is 1. The molecular formula is C16H17N3O3S. The molecule has 0 bridgehead atoms. The number of nitrogens with zero attached hydrogens (tertiary/aromatic N) is 1. The van der Waals surface area contributed by atoms with Crippen LogP contribution in [0.4, 0.5) is 5.69 Å². The maximum absolute atomic E-state index is 12.7. The van der Waals surface area contributed by atoms with E-state index in [1.807, 2.05) is 13.0 Å². The first-order chi connectivity index (χ1) is 11.0. The van der Waals surface area contributed by atoms with E-state index in [0.717, 1.165) is 22.9 Å². The summed E-state index contributed by atoms with van der Waals surface area (Å²) in [6, 6.07) is 10.4. The highest BCUT2D eigenvalue weighted by Crippen LogP contribution is 2.28. The summed E-state index contributed by atoms with van der Waals surface area (Å²) in [5.41, 5.74) is 2.15. The van der Waals surface area contributed by atoms with Crippen molar-refractivity contribution in [3.8, 4) is 5.75 Å². The second kappa shape index (κ2) is 5.92. The smallest absolute Gasteiger partial charge is 0.265 e. The van der Waals surface area contributed by atoms with Crippen molar-refractivity contribution in [2.45, 2.75) is 18.2 Å². The lowest BCUT2D eigenvalue weighted by Crippen LogP contribution is -2.14. The topological polar surface area (TPSA) is 84.1 Å². The minimum atomic E-state index is -3.75. The van der Waals surface area contributed by atoms with Gasteiger partial charge in [0.15, 0.2) is 0 Å². The third-order valence-corrected chi connectivity index (χ3v) is 5.02. The Morgan fingerprint density at radius 2 is 2.04 bits per heavy atom. The molecule has 2 N–H and O–H groups in total. The molecule has 1 aromatic heterocycles. The SMILES string of the molecule is CCc1ccc(OC)c(S(=O)(=O)Nc2ccc3cn[nH]c3c2)c1. The molecule has 1 heterocycles. The van der Waals surface area contributed by atoms with Crippen LogP contribution in [0.25, 0.3) is 10.9 Å². The summed E-state index contributed by atoms with van der Waals surface area (Å²) in [7, 11) is -2.29. The number of methoxy groups -OCH3 is 1. The third-order valence-electron chi connectivity index (χ3n) is 3.62. The number of aryl methyl sites for hydroxylation is 1. The van der Waals surface area contributed by atoms with Crippen LogP contribution in [-0.2, 0) is 16.4 Å². The highest BCUT2D eigenvalue weighted by Gasteiger charge is 2.20. The predicted octanol–water partition coefficient (Wildman–Crippen LogP) is 2.93. The van der Waals surface area contributed by atoms with Gasteiger partial charge in [0.1, 0.15) is 10.6 Å². The van der Waals surface area contributed by atoms with E-state index < -0.39 is 10.0 Å². The Bertz CT molecular complexity index is 948. The normalized spacial score (nSPS) is 11.6. The summed E-state index contributed by atoms with van der Waals surface area (Å²) in [6.45, 7) is 1.97. The van der Waals surface area contributed by atoms with E-state index in [4.69, 9.17) is 4.74 Å². The van der Waals surface area contributed by atoms with Gasteiger partial charge in [0, 0.05) is 5.39 Å². The number of H-pyrrole nitrogens is 1. The predicted molar refractivity (Wildman–Crippen MR) is 89.3 cm³/mol. The highest BCUT2D eigenvalue weighted by molar-refractivity contribution is 7.92. The average Bonchev–Trinajstić information content (AvgIpc) is 3.01. The molecule has 0 aliphatic rings. The molecule has 0 aliphatic carbocycles. The first-order valence-corrected chi connectivity index (χ1v) is 8.64. The largest absolute Gasteiger partial charge is 0.495 e. The van der Waals surface area contributed by atoms with Gasteiger partial charge >= 0.3 is 0 Å². The molecule has 120 valence electrons. The van der Waals surface area contributed by atoms with Gasteiger partial charge < -0.3 is 4.74 Å². The molecule has 0 saturated heterocycles. The van der Waals surface area contributed by atoms with E-state index in [1.54, 1.807) is 36.5 Å². The fourth-order valence-electron chi connectivity index (χ4n) is 2.36. The number of benzene rings is 2. The molecule has 23 heavy (non-hydrogen) atoms. The quantitative estimate of drug-likeness (QED) is 0.753. The molecule has 0 spiro atoms. The second-order valence-electron chi connectivity index (χ2n) is 5.12. The highest BCUT2D eigenvalue weighted by atomic mass is 32.2. The zero-order valence-corrected chi connectivity index (χ0v) is 13.6. The van der Waals surface area contributed by atoms with E-state index >= 15 is 0 Å². The van der Waals surface area contributed by atoms with E-state index in [2.05, 4.69) is 14.9 Å². The Hall–Kier alpha value is -2.54. The Morgan fingerprint density at radius 3 is 2.78 bits per heavy atom. The molecule has 3 aromatic rings. The van der Waals surface area contributed by atoms with E-state index in [0.29, 0.717) is 11.4 Å². The summed E-state index contributed by atoms with van der Waals surface area (Å²) < 4.78 is 33.2. The van der Waals surface area contributed by atoms with Crippen LogP contribution in [0, 0.1) is 0 Å². The van der Waals surface area contributed by atoms with Crippen molar-refractivity contribution in [3.05, 3.63) is 48.2 Å². The molecule has 3 rings (SSSR count). The van der Waals surface area contributed by atoms with Gasteiger partial charge in [0.05, 0.1) is 24.5 Å². The van der Waals surface area contributed by atoms with E-state index in [-0.39, 0.29) is 4.90 Å². The number of hydrogen-bond donors (Lipinski definition) is 2. The zero-order chi connectivity index (χ0) is 16.4. The van der Waals surface area contributed by atoms with Gasteiger partial charge in [-0.2, -0.15) is 5.10 Å². The summed E-state index contributed by atoms with van der Waals surface area (Å²) in [5.74, 6) is 0.317. The number of ether oxygens (including phenoxy) is 1. The summed E-state index contributed by atoms with van der Waals surface area (Å²) >= 11 is 0. The molecule has 6 nitrogen and oxygen atoms in total. The number of sulfonamides is 1. The van der Waals surface area contributed by atoms with Gasteiger partial charge in [-0.1, -0.05) is 13.0 Å². The van der Waals surface area contributed by atoms with Gasteiger partial charge in [0.25, 0.3) is 10.0 Å².